The van der Waals surface area contributed by atoms with E-state index in [9.17, 15) is 28.0 Å². The normalized spacial score (nSPS) is 9.92. The quantitative estimate of drug-likeness (QED) is 0.130. The molecule has 2 aromatic carbocycles. The number of hydrogen-bond acceptors (Lipinski definition) is 11. The Morgan fingerprint density at radius 1 is 0.592 bits per heavy atom. The van der Waals surface area contributed by atoms with Crippen molar-refractivity contribution in [1.82, 2.24) is 19.9 Å². The van der Waals surface area contributed by atoms with E-state index >= 15 is 0 Å². The summed E-state index contributed by atoms with van der Waals surface area (Å²) in [7, 11) is 0. The van der Waals surface area contributed by atoms with E-state index in [0.717, 1.165) is 12.1 Å². The van der Waals surface area contributed by atoms with Gasteiger partial charge in [-0.25, -0.2) is 33.5 Å². The van der Waals surface area contributed by atoms with Crippen LogP contribution < -0.4 is 21.7 Å². The number of hydrogen-bond donors (Lipinski definition) is 5. The Hall–Kier alpha value is -6.46. The lowest BCUT2D eigenvalue weighted by Crippen LogP contribution is -2.19. The monoisotopic (exact) mass is 702 g/mol. The van der Waals surface area contributed by atoms with E-state index in [1.165, 1.54) is 83.6 Å². The number of halogens is 2. The highest BCUT2D eigenvalue weighted by molar-refractivity contribution is 7.13. The van der Waals surface area contributed by atoms with Crippen LogP contribution in [0.3, 0.4) is 0 Å². The van der Waals surface area contributed by atoms with Gasteiger partial charge in [0.1, 0.15) is 11.6 Å². The molecule has 0 radical (unpaired) electrons. The lowest BCUT2D eigenvalue weighted by atomic mass is 10.2. The van der Waals surface area contributed by atoms with Crippen molar-refractivity contribution < 1.29 is 33.1 Å². The topological polar surface area (TPSA) is 202 Å². The van der Waals surface area contributed by atoms with E-state index in [4.69, 9.17) is 10.8 Å². The number of nitrogens with zero attached hydrogens (tertiary/aromatic N) is 4. The van der Waals surface area contributed by atoms with E-state index in [1.54, 1.807) is 29.9 Å². The van der Waals surface area contributed by atoms with Crippen LogP contribution in [0.25, 0.3) is 0 Å². The summed E-state index contributed by atoms with van der Waals surface area (Å²) in [5, 5.41) is 21.2. The van der Waals surface area contributed by atoms with Gasteiger partial charge in [-0.1, -0.05) is 0 Å². The fourth-order valence-corrected chi connectivity index (χ4v) is 4.54. The van der Waals surface area contributed by atoms with Gasteiger partial charge in [0.2, 0.25) is 0 Å². The summed E-state index contributed by atoms with van der Waals surface area (Å²) < 4.78 is 25.7. The van der Waals surface area contributed by atoms with Gasteiger partial charge in [0.05, 0.1) is 11.4 Å². The summed E-state index contributed by atoms with van der Waals surface area (Å²) in [5.74, 6) is -3.61. The minimum Gasteiger partial charge on any atom is -0.476 e. The van der Waals surface area contributed by atoms with Gasteiger partial charge in [0.15, 0.2) is 21.7 Å². The molecule has 0 bridgehead atoms. The lowest BCUT2D eigenvalue weighted by molar-refractivity contribution is 0.0691. The highest BCUT2D eigenvalue weighted by Crippen LogP contribution is 2.18. The van der Waals surface area contributed by atoms with Crippen molar-refractivity contribution in [1.29, 1.82) is 0 Å². The molecular formula is C32H24F2N8O5S2. The maximum atomic E-state index is 12.9. The summed E-state index contributed by atoms with van der Waals surface area (Å²) in [6.07, 6.45) is 6.01. The molecule has 6 rings (SSSR count). The second-order valence-electron chi connectivity index (χ2n) is 9.19. The van der Waals surface area contributed by atoms with Crippen molar-refractivity contribution in [3.05, 3.63) is 142 Å². The van der Waals surface area contributed by atoms with Crippen LogP contribution in [0.4, 0.5) is 30.4 Å². The Balaban J connectivity index is 0.000000192. The molecule has 0 spiro atoms. The SMILES string of the molecule is Nc1nccs1.O=C(Nc1cccnc1C(=O)Nc1nccs1)c1ccc(F)cc1.O=C(Nc1cccnc1C(=O)O)c1ccc(F)cc1. The van der Waals surface area contributed by atoms with Crippen LogP contribution in [0.2, 0.25) is 0 Å². The fraction of sp³-hybridized carbons (Fsp3) is 0. The highest BCUT2D eigenvalue weighted by atomic mass is 32.1. The zero-order valence-electron chi connectivity index (χ0n) is 24.9. The molecule has 0 unspecified atom stereocenters. The number of anilines is 4. The third kappa shape index (κ3) is 10.8. The molecule has 4 aromatic heterocycles. The molecule has 3 amide bonds. The van der Waals surface area contributed by atoms with E-state index in [1.807, 2.05) is 5.38 Å². The number of benzene rings is 2. The van der Waals surface area contributed by atoms with E-state index in [-0.39, 0.29) is 33.9 Å². The molecule has 0 aliphatic rings. The number of pyridine rings is 2. The molecule has 0 aliphatic carbocycles. The molecule has 4 heterocycles. The first kappa shape index (κ1) is 35.4. The maximum Gasteiger partial charge on any atom is 0.356 e. The van der Waals surface area contributed by atoms with Crippen molar-refractivity contribution >= 4 is 68.0 Å². The van der Waals surface area contributed by atoms with Gasteiger partial charge in [0.25, 0.3) is 17.7 Å². The van der Waals surface area contributed by atoms with Gasteiger partial charge >= 0.3 is 5.97 Å². The molecule has 0 saturated carbocycles. The van der Waals surface area contributed by atoms with E-state index in [2.05, 4.69) is 35.9 Å². The summed E-state index contributed by atoms with van der Waals surface area (Å²) in [6.45, 7) is 0. The molecule has 0 fully saturated rings. The first-order chi connectivity index (χ1) is 23.6. The van der Waals surface area contributed by atoms with Crippen LogP contribution in [-0.2, 0) is 0 Å². The van der Waals surface area contributed by atoms with Gasteiger partial charge in [-0.15, -0.1) is 22.7 Å². The van der Waals surface area contributed by atoms with Gasteiger partial charge in [-0.2, -0.15) is 0 Å². The number of carbonyl (C=O) groups excluding carboxylic acids is 3. The summed E-state index contributed by atoms with van der Waals surface area (Å²) >= 11 is 2.71. The van der Waals surface area contributed by atoms with Crippen LogP contribution in [0, 0.1) is 11.6 Å². The Morgan fingerprint density at radius 3 is 1.51 bits per heavy atom. The largest absolute Gasteiger partial charge is 0.476 e. The molecule has 0 saturated heterocycles. The number of nitrogen functional groups attached to an aromatic ring is 1. The van der Waals surface area contributed by atoms with Crippen molar-refractivity contribution in [3.8, 4) is 0 Å². The van der Waals surface area contributed by atoms with Gasteiger partial charge in [-0.3, -0.25) is 19.7 Å². The third-order valence-electron chi connectivity index (χ3n) is 5.85. The number of carboxylic acids is 1. The molecule has 6 aromatic rings. The fourth-order valence-electron chi connectivity index (χ4n) is 3.63. The van der Waals surface area contributed by atoms with Crippen LogP contribution in [0.5, 0.6) is 0 Å². The molecule has 0 atom stereocenters. The second-order valence-corrected chi connectivity index (χ2v) is 11.0. The number of carboxylic acid groups (broad SMARTS) is 1. The first-order valence-corrected chi connectivity index (χ1v) is 15.5. The highest BCUT2D eigenvalue weighted by Gasteiger charge is 2.17. The Bertz CT molecular complexity index is 2010. The van der Waals surface area contributed by atoms with Crippen molar-refractivity contribution in [2.45, 2.75) is 0 Å². The standard InChI is InChI=1S/C16H11FN4O2S.C13H9FN2O3.C3H4N2S/c17-11-5-3-10(4-6-11)14(22)20-12-2-1-7-18-13(12)15(23)21-16-19-8-9-24-16;14-9-5-3-8(4-6-9)12(17)16-10-2-1-7-15-11(10)13(18)19;4-3-5-1-2-6-3/h1-9H,(H,20,22)(H,19,21,23);1-7H,(H,16,17)(H,18,19);1-2H,(H2,4,5). The average Bonchev–Trinajstić information content (AvgIpc) is 3.80. The number of aromatic carboxylic acids is 1. The van der Waals surface area contributed by atoms with Crippen LogP contribution in [0.15, 0.2) is 108 Å². The number of amides is 3. The van der Waals surface area contributed by atoms with Crippen LogP contribution in [-0.4, -0.2) is 48.7 Å². The minimum atomic E-state index is -1.24. The molecule has 6 N–H and O–H groups in total. The molecule has 17 heteroatoms. The van der Waals surface area contributed by atoms with E-state index in [0.29, 0.717) is 10.3 Å². The molecular weight excluding hydrogens is 679 g/mol. The second kappa shape index (κ2) is 17.5. The summed E-state index contributed by atoms with van der Waals surface area (Å²) in [4.78, 5) is 62.6. The maximum absolute atomic E-state index is 12.9. The number of rotatable bonds is 7. The van der Waals surface area contributed by atoms with Crippen molar-refractivity contribution in [3.63, 3.8) is 0 Å². The third-order valence-corrected chi connectivity index (χ3v) is 7.14. The molecule has 13 nitrogen and oxygen atoms in total. The predicted molar refractivity (Wildman–Crippen MR) is 181 cm³/mol. The summed E-state index contributed by atoms with van der Waals surface area (Å²) in [5.41, 5.74) is 5.82. The number of carbonyl (C=O) groups is 4. The predicted octanol–water partition coefficient (Wildman–Crippen LogP) is 6.08. The minimum absolute atomic E-state index is 0.0585. The van der Waals surface area contributed by atoms with Crippen LogP contribution in [0.1, 0.15) is 41.7 Å². The zero-order chi connectivity index (χ0) is 35.2. The lowest BCUT2D eigenvalue weighted by Gasteiger charge is -2.09. The van der Waals surface area contributed by atoms with Crippen molar-refractivity contribution in [2.24, 2.45) is 0 Å². The number of thiazole rings is 2. The average molecular weight is 703 g/mol. The van der Waals surface area contributed by atoms with Gasteiger partial charge in [-0.05, 0) is 72.8 Å². The Morgan fingerprint density at radius 2 is 1.08 bits per heavy atom. The van der Waals surface area contributed by atoms with Gasteiger partial charge in [0, 0.05) is 46.7 Å². The Labute approximate surface area is 284 Å². The number of nitrogens with two attached hydrogens (primary N) is 1. The zero-order valence-corrected chi connectivity index (χ0v) is 26.5. The smallest absolute Gasteiger partial charge is 0.356 e. The summed E-state index contributed by atoms with van der Waals surface area (Å²) in [6, 6.07) is 16.1. The number of nitrogens with one attached hydrogen (secondary N) is 3. The molecule has 0 aliphatic heterocycles. The Kier molecular flexibility index (Phi) is 12.6. The van der Waals surface area contributed by atoms with Crippen molar-refractivity contribution in [2.75, 3.05) is 21.7 Å². The molecule has 49 heavy (non-hydrogen) atoms. The number of aromatic nitrogens is 4. The van der Waals surface area contributed by atoms with Crippen LogP contribution >= 0.6 is 22.7 Å². The molecule has 248 valence electrons. The first-order valence-electron chi connectivity index (χ1n) is 13.7. The van der Waals surface area contributed by atoms with E-state index < -0.39 is 35.3 Å². The van der Waals surface area contributed by atoms with Gasteiger partial charge < -0.3 is 21.5 Å².